The number of aromatic amines is 1. The number of H-pyrrole nitrogens is 1. The van der Waals surface area contributed by atoms with Gasteiger partial charge in [0.05, 0.1) is 5.52 Å². The normalized spacial score (nSPS) is 11.6. The van der Waals surface area contributed by atoms with Crippen LogP contribution in [0.4, 0.5) is 0 Å². The number of nitrogens with one attached hydrogen (secondary N) is 1. The van der Waals surface area contributed by atoms with E-state index in [-0.39, 0.29) is 5.56 Å². The van der Waals surface area contributed by atoms with Gasteiger partial charge in [0.2, 0.25) is 0 Å². The number of fused-ring (bicyclic) bond motifs is 2. The Balaban J connectivity index is 2.44. The van der Waals surface area contributed by atoms with E-state index in [1.165, 1.54) is 0 Å². The maximum atomic E-state index is 12.3. The molecule has 0 aliphatic rings. The molecule has 0 fully saturated rings. The van der Waals surface area contributed by atoms with Gasteiger partial charge < -0.3 is 4.98 Å². The first-order valence-electron chi connectivity index (χ1n) is 6.27. The van der Waals surface area contributed by atoms with E-state index in [0.717, 1.165) is 33.0 Å². The maximum Gasteiger partial charge on any atom is 0.256 e. The molecule has 0 aliphatic heterocycles. The number of aromatic nitrogens is 2. The maximum absolute atomic E-state index is 12.3. The number of hydrogen-bond acceptors (Lipinski definition) is 1. The summed E-state index contributed by atoms with van der Waals surface area (Å²) in [6.45, 7) is 1.94. The Bertz CT molecular complexity index is 987. The zero-order chi connectivity index (χ0) is 13.0. The van der Waals surface area contributed by atoms with E-state index in [0.29, 0.717) is 0 Å². The van der Waals surface area contributed by atoms with Crippen molar-refractivity contribution in [2.45, 2.75) is 6.92 Å². The van der Waals surface area contributed by atoms with Crippen molar-refractivity contribution in [3.05, 3.63) is 64.4 Å². The van der Waals surface area contributed by atoms with E-state index in [1.807, 2.05) is 37.3 Å². The lowest BCUT2D eigenvalue weighted by atomic mass is 10.1. The number of aryl methyl sites for hydroxylation is 1. The molecule has 19 heavy (non-hydrogen) atoms. The summed E-state index contributed by atoms with van der Waals surface area (Å²) >= 11 is 0. The third-order valence-electron chi connectivity index (χ3n) is 3.56. The molecule has 0 radical (unpaired) electrons. The average Bonchev–Trinajstić information content (AvgIpc) is 2.38. The lowest BCUT2D eigenvalue weighted by Crippen LogP contribution is -2.14. The first-order valence-corrected chi connectivity index (χ1v) is 6.27. The molecule has 0 atom stereocenters. The highest BCUT2D eigenvalue weighted by atomic mass is 16.1. The van der Waals surface area contributed by atoms with Gasteiger partial charge in [0.1, 0.15) is 5.65 Å². The molecule has 0 unspecified atom stereocenters. The summed E-state index contributed by atoms with van der Waals surface area (Å²) in [5, 5.41) is 2.24. The summed E-state index contributed by atoms with van der Waals surface area (Å²) in [6.07, 6.45) is 0. The number of benzene rings is 2. The highest BCUT2D eigenvalue weighted by molar-refractivity contribution is 6.07. The number of nitrogens with zero attached hydrogens (tertiary/aromatic N) is 1. The van der Waals surface area contributed by atoms with E-state index < -0.39 is 0 Å². The summed E-state index contributed by atoms with van der Waals surface area (Å²) in [6, 6.07) is 15.8. The first kappa shape index (κ1) is 10.4. The Hall–Kier alpha value is -2.55. The van der Waals surface area contributed by atoms with E-state index in [2.05, 4.69) is 17.1 Å². The van der Waals surface area contributed by atoms with Crippen LogP contribution in [0.5, 0.6) is 0 Å². The van der Waals surface area contributed by atoms with Gasteiger partial charge in [-0.05, 0) is 36.1 Å². The third-order valence-corrected chi connectivity index (χ3v) is 3.56. The second kappa shape index (κ2) is 3.48. The molecular weight excluding hydrogens is 236 g/mol. The summed E-state index contributed by atoms with van der Waals surface area (Å²) in [7, 11) is 0. The monoisotopic (exact) mass is 248 g/mol. The quantitative estimate of drug-likeness (QED) is 0.376. The molecule has 0 bridgehead atoms. The summed E-state index contributed by atoms with van der Waals surface area (Å²) < 4.78 is 1.74. The summed E-state index contributed by atoms with van der Waals surface area (Å²) in [5.74, 6) is 0. The SMILES string of the molecule is Cc1cc(=O)n2c(c1)[nH]c1cccc3cccc2c31. The molecule has 0 saturated carbocycles. The van der Waals surface area contributed by atoms with E-state index in [4.69, 9.17) is 0 Å². The fourth-order valence-electron chi connectivity index (χ4n) is 2.79. The lowest BCUT2D eigenvalue weighted by molar-refractivity contribution is 1.10. The van der Waals surface area contributed by atoms with Crippen molar-refractivity contribution in [2.24, 2.45) is 0 Å². The Kier molecular flexibility index (Phi) is 1.90. The zero-order valence-corrected chi connectivity index (χ0v) is 10.5. The largest absolute Gasteiger partial charge is 0.341 e. The van der Waals surface area contributed by atoms with E-state index >= 15 is 0 Å². The zero-order valence-electron chi connectivity index (χ0n) is 10.5. The Morgan fingerprint density at radius 2 is 1.84 bits per heavy atom. The molecule has 0 aliphatic carbocycles. The molecule has 3 nitrogen and oxygen atoms in total. The van der Waals surface area contributed by atoms with Crippen LogP contribution in [0, 0.1) is 6.92 Å². The molecule has 0 spiro atoms. The number of hydrogen-bond donors (Lipinski definition) is 1. The van der Waals surface area contributed by atoms with Crippen LogP contribution in [0.15, 0.2) is 53.3 Å². The van der Waals surface area contributed by atoms with Gasteiger partial charge in [-0.2, -0.15) is 0 Å². The van der Waals surface area contributed by atoms with Crippen LogP contribution in [-0.4, -0.2) is 9.38 Å². The van der Waals surface area contributed by atoms with Gasteiger partial charge in [0.25, 0.3) is 5.56 Å². The van der Waals surface area contributed by atoms with Crippen LogP contribution in [0.2, 0.25) is 0 Å². The van der Waals surface area contributed by atoms with Gasteiger partial charge >= 0.3 is 0 Å². The van der Waals surface area contributed by atoms with Crippen molar-refractivity contribution in [2.75, 3.05) is 0 Å². The van der Waals surface area contributed by atoms with Crippen LogP contribution >= 0.6 is 0 Å². The van der Waals surface area contributed by atoms with E-state index in [1.54, 1.807) is 10.5 Å². The molecule has 2 heterocycles. The molecule has 2 aromatic heterocycles. The Morgan fingerprint density at radius 1 is 1.05 bits per heavy atom. The molecule has 0 amide bonds. The van der Waals surface area contributed by atoms with Crippen molar-refractivity contribution in [1.82, 2.24) is 9.38 Å². The predicted octanol–water partition coefficient (Wildman–Crippen LogP) is 3.24. The smallest absolute Gasteiger partial charge is 0.256 e. The Labute approximate surface area is 109 Å². The van der Waals surface area contributed by atoms with Crippen LogP contribution in [0.25, 0.3) is 27.5 Å². The third kappa shape index (κ3) is 1.35. The molecule has 3 heteroatoms. The number of rotatable bonds is 0. The highest BCUT2D eigenvalue weighted by Crippen LogP contribution is 2.25. The minimum absolute atomic E-state index is 0.00417. The molecule has 1 N–H and O–H groups in total. The van der Waals surface area contributed by atoms with Gasteiger partial charge in [-0.15, -0.1) is 0 Å². The molecular formula is C16H12N2O. The van der Waals surface area contributed by atoms with Crippen LogP contribution in [0.3, 0.4) is 0 Å². The fourth-order valence-corrected chi connectivity index (χ4v) is 2.79. The molecule has 4 rings (SSSR count). The van der Waals surface area contributed by atoms with Crippen LogP contribution < -0.4 is 5.56 Å². The van der Waals surface area contributed by atoms with Crippen LogP contribution in [0.1, 0.15) is 5.56 Å². The molecule has 92 valence electrons. The van der Waals surface area contributed by atoms with Gasteiger partial charge in [-0.25, -0.2) is 0 Å². The van der Waals surface area contributed by atoms with Crippen molar-refractivity contribution < 1.29 is 0 Å². The van der Waals surface area contributed by atoms with Gasteiger partial charge in [0, 0.05) is 17.0 Å². The van der Waals surface area contributed by atoms with Crippen molar-refractivity contribution in [1.29, 1.82) is 0 Å². The van der Waals surface area contributed by atoms with Gasteiger partial charge in [-0.3, -0.25) is 9.20 Å². The minimum Gasteiger partial charge on any atom is -0.341 e. The van der Waals surface area contributed by atoms with E-state index in [9.17, 15) is 4.79 Å². The second-order valence-electron chi connectivity index (χ2n) is 4.90. The lowest BCUT2D eigenvalue weighted by Gasteiger charge is -2.11. The minimum atomic E-state index is 0.00417. The van der Waals surface area contributed by atoms with Crippen molar-refractivity contribution in [3.8, 4) is 0 Å². The highest BCUT2D eigenvalue weighted by Gasteiger charge is 2.07. The molecule has 2 aromatic carbocycles. The van der Waals surface area contributed by atoms with Gasteiger partial charge in [0.15, 0.2) is 0 Å². The molecule has 4 aromatic rings. The number of pyridine rings is 1. The van der Waals surface area contributed by atoms with Gasteiger partial charge in [-0.1, -0.05) is 24.3 Å². The van der Waals surface area contributed by atoms with Crippen LogP contribution in [-0.2, 0) is 0 Å². The van der Waals surface area contributed by atoms with Crippen molar-refractivity contribution in [3.63, 3.8) is 0 Å². The standard InChI is InChI=1S/C16H12N2O/c1-10-8-14-17-12-6-2-4-11-5-3-7-13(16(11)12)18(14)15(19)9-10/h2-9,17H,1H3. The summed E-state index contributed by atoms with van der Waals surface area (Å²) in [5.41, 5.74) is 3.81. The summed E-state index contributed by atoms with van der Waals surface area (Å²) in [4.78, 5) is 15.6. The first-order chi connectivity index (χ1) is 9.24. The second-order valence-corrected chi connectivity index (χ2v) is 4.90. The fraction of sp³-hybridized carbons (Fsp3) is 0.0625. The predicted molar refractivity (Wildman–Crippen MR) is 77.8 cm³/mol. The average molecular weight is 248 g/mol. The molecule has 0 saturated heterocycles. The topological polar surface area (TPSA) is 37.3 Å². The van der Waals surface area contributed by atoms with Crippen molar-refractivity contribution >= 4 is 27.5 Å². The Morgan fingerprint density at radius 3 is 2.68 bits per heavy atom.